The summed E-state index contributed by atoms with van der Waals surface area (Å²) >= 11 is 12.2. The second-order valence-corrected chi connectivity index (χ2v) is 10.2. The van der Waals surface area contributed by atoms with Crippen LogP contribution >= 0.6 is 23.2 Å². The van der Waals surface area contributed by atoms with E-state index in [1.54, 1.807) is 31.4 Å². The number of fused-ring (bicyclic) bond motifs is 1. The van der Waals surface area contributed by atoms with E-state index in [1.807, 2.05) is 5.48 Å². The van der Waals surface area contributed by atoms with Crippen LogP contribution in [0.2, 0.25) is 10.0 Å². The lowest BCUT2D eigenvalue weighted by Gasteiger charge is -2.40. The van der Waals surface area contributed by atoms with E-state index in [2.05, 4.69) is 21.7 Å². The van der Waals surface area contributed by atoms with Crippen molar-refractivity contribution in [2.75, 3.05) is 26.7 Å². The van der Waals surface area contributed by atoms with Crippen molar-refractivity contribution in [3.63, 3.8) is 0 Å². The number of hydroxylamine groups is 1. The van der Waals surface area contributed by atoms with Gasteiger partial charge in [-0.15, -0.1) is 0 Å². The number of aromatic nitrogens is 1. The highest BCUT2D eigenvalue weighted by molar-refractivity contribution is 6.32. The van der Waals surface area contributed by atoms with E-state index in [4.69, 9.17) is 27.9 Å². The molecule has 200 valence electrons. The molecular weight excluding hydrogens is 532 g/mol. The van der Waals surface area contributed by atoms with Crippen LogP contribution in [0.25, 0.3) is 10.9 Å². The lowest BCUT2D eigenvalue weighted by molar-refractivity contribution is -0.143. The average molecular weight is 560 g/mol. The smallest absolute Gasteiger partial charge is 0.249 e. The van der Waals surface area contributed by atoms with Gasteiger partial charge in [0.25, 0.3) is 0 Å². The molecule has 1 amide bonds. The van der Waals surface area contributed by atoms with Gasteiger partial charge in [0.2, 0.25) is 5.91 Å². The molecule has 0 unspecified atom stereocenters. The molecule has 38 heavy (non-hydrogen) atoms. The Kier molecular flexibility index (Phi) is 9.08. The summed E-state index contributed by atoms with van der Waals surface area (Å²) in [5, 5.41) is 21.7. The quantitative estimate of drug-likeness (QED) is 0.211. The fraction of sp³-hybridized carbons (Fsp3) is 0.357. The standard InChI is InChI=1S/C28H28Cl2FN3O4/c1-38-19-5-7-24-20(16-19)26(22(30)17-32-24)25(35)8-9-28(27(36)33-37)10-13-34(14-11-28)12-2-3-18-4-6-21(29)23(31)15-18/h4-7,15-17,25,35,37H,8-14H2,1H3,(H,33,36)/t25-/m1/s1. The number of methoxy groups -OCH3 is 1. The molecule has 1 aromatic heterocycles. The average Bonchev–Trinajstić information content (AvgIpc) is 2.93. The Morgan fingerprint density at radius 3 is 2.68 bits per heavy atom. The minimum Gasteiger partial charge on any atom is -0.497 e. The van der Waals surface area contributed by atoms with E-state index in [0.29, 0.717) is 71.7 Å². The van der Waals surface area contributed by atoms with Crippen molar-refractivity contribution in [1.29, 1.82) is 0 Å². The van der Waals surface area contributed by atoms with Gasteiger partial charge in [-0.2, -0.15) is 0 Å². The molecule has 7 nitrogen and oxygen atoms in total. The van der Waals surface area contributed by atoms with Crippen LogP contribution < -0.4 is 10.2 Å². The molecule has 0 radical (unpaired) electrons. The van der Waals surface area contributed by atoms with Crippen molar-refractivity contribution in [2.24, 2.45) is 5.41 Å². The van der Waals surface area contributed by atoms with E-state index in [9.17, 15) is 19.5 Å². The number of carbonyl (C=O) groups is 1. The highest BCUT2D eigenvalue weighted by Crippen LogP contribution is 2.41. The van der Waals surface area contributed by atoms with Gasteiger partial charge in [0.05, 0.1) is 40.7 Å². The fourth-order valence-electron chi connectivity index (χ4n) is 4.87. The fourth-order valence-corrected chi connectivity index (χ4v) is 5.26. The highest BCUT2D eigenvalue weighted by atomic mass is 35.5. The third kappa shape index (κ3) is 6.20. The Bertz CT molecular complexity index is 1380. The molecule has 4 rings (SSSR count). The number of nitrogens with zero attached hydrogens (tertiary/aromatic N) is 2. The van der Waals surface area contributed by atoms with Crippen LogP contribution in [0.1, 0.15) is 42.9 Å². The van der Waals surface area contributed by atoms with Crippen LogP contribution in [0, 0.1) is 23.1 Å². The molecular formula is C28H28Cl2FN3O4. The van der Waals surface area contributed by atoms with E-state index in [1.165, 1.54) is 18.3 Å². The molecule has 2 heterocycles. The van der Waals surface area contributed by atoms with Gasteiger partial charge in [-0.1, -0.05) is 35.0 Å². The highest BCUT2D eigenvalue weighted by Gasteiger charge is 2.41. The SMILES string of the molecule is COc1ccc2ncc(Cl)c([C@H](O)CCC3(C(=O)NO)CCN(CC#Cc4ccc(Cl)c(F)c4)CC3)c2c1. The molecule has 0 saturated carbocycles. The molecule has 0 aliphatic carbocycles. The monoisotopic (exact) mass is 559 g/mol. The largest absolute Gasteiger partial charge is 0.497 e. The molecule has 1 atom stereocenters. The van der Waals surface area contributed by atoms with Crippen molar-refractivity contribution >= 4 is 40.0 Å². The Balaban J connectivity index is 1.43. The summed E-state index contributed by atoms with van der Waals surface area (Å²) in [5.41, 5.74) is 2.70. The predicted molar refractivity (Wildman–Crippen MR) is 144 cm³/mol. The zero-order valence-corrected chi connectivity index (χ0v) is 22.3. The summed E-state index contributed by atoms with van der Waals surface area (Å²) < 4.78 is 18.9. The number of rotatable bonds is 7. The Morgan fingerprint density at radius 2 is 2.00 bits per heavy atom. The summed E-state index contributed by atoms with van der Waals surface area (Å²) in [5.74, 6) is 5.60. The van der Waals surface area contributed by atoms with Gasteiger partial charge in [-0.05, 0) is 62.1 Å². The number of halogens is 3. The van der Waals surface area contributed by atoms with E-state index in [-0.39, 0.29) is 11.4 Å². The topological polar surface area (TPSA) is 94.9 Å². The normalized spacial score (nSPS) is 15.9. The first kappa shape index (κ1) is 28.1. The summed E-state index contributed by atoms with van der Waals surface area (Å²) in [6, 6.07) is 9.78. The van der Waals surface area contributed by atoms with E-state index in [0.717, 1.165) is 0 Å². The number of carbonyl (C=O) groups excluding carboxylic acids is 1. The van der Waals surface area contributed by atoms with Gasteiger partial charge in [0.15, 0.2) is 0 Å². The number of amides is 1. The van der Waals surface area contributed by atoms with Gasteiger partial charge in [0, 0.05) is 35.8 Å². The Morgan fingerprint density at radius 1 is 1.24 bits per heavy atom. The molecule has 1 fully saturated rings. The van der Waals surface area contributed by atoms with Crippen molar-refractivity contribution in [3.05, 3.63) is 69.6 Å². The molecule has 3 N–H and O–H groups in total. The predicted octanol–water partition coefficient (Wildman–Crippen LogP) is 5.14. The van der Waals surface area contributed by atoms with Gasteiger partial charge >= 0.3 is 0 Å². The summed E-state index contributed by atoms with van der Waals surface area (Å²) in [4.78, 5) is 19.2. The van der Waals surface area contributed by atoms with E-state index < -0.39 is 23.2 Å². The lowest BCUT2D eigenvalue weighted by atomic mass is 9.73. The number of aliphatic hydroxyl groups excluding tert-OH is 1. The number of hydrogen-bond donors (Lipinski definition) is 3. The second-order valence-electron chi connectivity index (χ2n) is 9.39. The second kappa shape index (κ2) is 12.3. The maximum absolute atomic E-state index is 13.6. The zero-order chi connectivity index (χ0) is 27.3. The maximum Gasteiger partial charge on any atom is 0.249 e. The van der Waals surface area contributed by atoms with E-state index >= 15 is 0 Å². The van der Waals surface area contributed by atoms with Crippen molar-refractivity contribution < 1.29 is 24.2 Å². The molecule has 10 heteroatoms. The number of likely N-dealkylation sites (tertiary alicyclic amines) is 1. The molecule has 0 spiro atoms. The molecule has 1 aliphatic heterocycles. The van der Waals surface area contributed by atoms with Crippen LogP contribution in [-0.4, -0.2) is 52.8 Å². The number of nitrogens with one attached hydrogen (secondary N) is 1. The maximum atomic E-state index is 13.6. The van der Waals surface area contributed by atoms with Crippen LogP contribution in [0.3, 0.4) is 0 Å². The Labute approximate surface area is 230 Å². The van der Waals surface area contributed by atoms with Gasteiger partial charge in [-0.3, -0.25) is 19.9 Å². The number of aliphatic hydroxyl groups is 1. The first-order chi connectivity index (χ1) is 18.3. The minimum absolute atomic E-state index is 0.0503. The van der Waals surface area contributed by atoms with Crippen molar-refractivity contribution in [1.82, 2.24) is 15.4 Å². The minimum atomic E-state index is -0.952. The molecule has 1 saturated heterocycles. The first-order valence-electron chi connectivity index (χ1n) is 12.2. The Hall–Kier alpha value is -2.93. The number of pyridine rings is 1. The zero-order valence-electron chi connectivity index (χ0n) is 20.8. The molecule has 2 aromatic carbocycles. The first-order valence-corrected chi connectivity index (χ1v) is 12.9. The van der Waals surface area contributed by atoms with Gasteiger partial charge < -0.3 is 9.84 Å². The summed E-state index contributed by atoms with van der Waals surface area (Å²) in [6.07, 6.45) is 2.10. The third-order valence-corrected chi connectivity index (χ3v) is 7.76. The molecule has 0 bridgehead atoms. The number of hydrogen-bond acceptors (Lipinski definition) is 6. The van der Waals surface area contributed by atoms with Crippen LogP contribution in [0.15, 0.2) is 42.6 Å². The summed E-state index contributed by atoms with van der Waals surface area (Å²) in [7, 11) is 1.56. The molecule has 1 aliphatic rings. The van der Waals surface area contributed by atoms with Crippen molar-refractivity contribution in [2.45, 2.75) is 31.8 Å². The lowest BCUT2D eigenvalue weighted by Crippen LogP contribution is -2.48. The number of benzene rings is 2. The number of piperidine rings is 1. The van der Waals surface area contributed by atoms with Crippen LogP contribution in [-0.2, 0) is 4.79 Å². The number of ether oxygens (including phenoxy) is 1. The van der Waals surface area contributed by atoms with Crippen molar-refractivity contribution in [3.8, 4) is 17.6 Å². The summed E-state index contributed by atoms with van der Waals surface area (Å²) in [6.45, 7) is 1.59. The third-order valence-electron chi connectivity index (χ3n) is 7.15. The molecule has 3 aromatic rings. The van der Waals surface area contributed by atoms with Crippen LogP contribution in [0.5, 0.6) is 5.75 Å². The van der Waals surface area contributed by atoms with Crippen LogP contribution in [0.4, 0.5) is 4.39 Å². The van der Waals surface area contributed by atoms with Gasteiger partial charge in [-0.25, -0.2) is 9.87 Å². The van der Waals surface area contributed by atoms with Gasteiger partial charge in [0.1, 0.15) is 11.6 Å².